The topological polar surface area (TPSA) is 84.2 Å². The molecular formula is C21H20BrClN6O2. The highest BCUT2D eigenvalue weighted by molar-refractivity contribution is 9.10. The van der Waals surface area contributed by atoms with E-state index < -0.39 is 5.54 Å². The van der Waals surface area contributed by atoms with Gasteiger partial charge in [-0.05, 0) is 60.1 Å². The molecule has 0 radical (unpaired) electrons. The van der Waals surface area contributed by atoms with E-state index in [9.17, 15) is 9.59 Å². The summed E-state index contributed by atoms with van der Waals surface area (Å²) in [6.45, 7) is 4.99. The zero-order valence-corrected chi connectivity index (χ0v) is 19.3. The normalized spacial score (nSPS) is 15.7. The summed E-state index contributed by atoms with van der Waals surface area (Å²) in [7, 11) is 0. The molecule has 1 fully saturated rings. The number of pyridine rings is 1. The highest BCUT2D eigenvalue weighted by Crippen LogP contribution is 2.24. The number of nitrogens with zero attached hydrogens (tertiary/aromatic N) is 6. The maximum Gasteiger partial charge on any atom is 0.294 e. The standard InChI is InChI=1S/C21H20BrClN6O2/c1-21(2)12-27(19(30)16-7-4-8-17(22)25-16)9-10-28(21)20(31)18-24-13-29(26-18)15-6-3-5-14(23)11-15/h3-8,11,13H,9-10,12H2,1-2H3. The first-order chi connectivity index (χ1) is 14.7. The van der Waals surface area contributed by atoms with Gasteiger partial charge in [0.25, 0.3) is 11.8 Å². The van der Waals surface area contributed by atoms with E-state index in [4.69, 9.17) is 11.6 Å². The van der Waals surface area contributed by atoms with E-state index >= 15 is 0 Å². The van der Waals surface area contributed by atoms with E-state index in [2.05, 4.69) is 31.0 Å². The molecule has 8 nitrogen and oxygen atoms in total. The average molecular weight is 504 g/mol. The Labute approximate surface area is 193 Å². The second-order valence-corrected chi connectivity index (χ2v) is 9.08. The zero-order valence-electron chi connectivity index (χ0n) is 17.0. The number of piperazine rings is 1. The Hall–Kier alpha value is -2.78. The molecule has 2 amide bonds. The smallest absolute Gasteiger partial charge is 0.294 e. The van der Waals surface area contributed by atoms with Gasteiger partial charge in [-0.25, -0.2) is 14.6 Å². The predicted molar refractivity (Wildman–Crippen MR) is 119 cm³/mol. The molecule has 0 bridgehead atoms. The third-order valence-corrected chi connectivity index (χ3v) is 5.80. The summed E-state index contributed by atoms with van der Waals surface area (Å²) in [5.41, 5.74) is 0.487. The van der Waals surface area contributed by atoms with Crippen molar-refractivity contribution in [3.63, 3.8) is 0 Å². The van der Waals surface area contributed by atoms with Crippen molar-refractivity contribution in [3.05, 3.63) is 69.9 Å². The quantitative estimate of drug-likeness (QED) is 0.511. The molecule has 4 rings (SSSR count). The molecule has 1 saturated heterocycles. The first kappa shape index (κ1) is 21.5. The van der Waals surface area contributed by atoms with Gasteiger partial charge in [0.2, 0.25) is 5.82 Å². The van der Waals surface area contributed by atoms with Crippen LogP contribution in [0.3, 0.4) is 0 Å². The van der Waals surface area contributed by atoms with Gasteiger partial charge in [0, 0.05) is 24.7 Å². The van der Waals surface area contributed by atoms with Crippen molar-refractivity contribution in [1.82, 2.24) is 29.5 Å². The fourth-order valence-electron chi connectivity index (χ4n) is 3.62. The molecule has 10 heteroatoms. The summed E-state index contributed by atoms with van der Waals surface area (Å²) in [6.07, 6.45) is 1.49. The number of halogens is 2. The Bertz CT molecular complexity index is 1150. The Morgan fingerprint density at radius 1 is 1.10 bits per heavy atom. The monoisotopic (exact) mass is 502 g/mol. The predicted octanol–water partition coefficient (Wildman–Crippen LogP) is 3.46. The van der Waals surface area contributed by atoms with Gasteiger partial charge in [0.15, 0.2) is 0 Å². The van der Waals surface area contributed by atoms with Crippen LogP contribution in [-0.2, 0) is 0 Å². The second kappa shape index (κ2) is 8.39. The minimum Gasteiger partial charge on any atom is -0.333 e. The summed E-state index contributed by atoms with van der Waals surface area (Å²) < 4.78 is 2.12. The van der Waals surface area contributed by atoms with Gasteiger partial charge in [-0.15, -0.1) is 5.10 Å². The first-order valence-electron chi connectivity index (χ1n) is 9.66. The molecule has 0 spiro atoms. The van der Waals surface area contributed by atoms with Gasteiger partial charge >= 0.3 is 0 Å². The molecular weight excluding hydrogens is 484 g/mol. The number of carbonyl (C=O) groups is 2. The van der Waals surface area contributed by atoms with Crippen molar-refractivity contribution in [2.45, 2.75) is 19.4 Å². The number of rotatable bonds is 3. The van der Waals surface area contributed by atoms with Gasteiger partial charge < -0.3 is 9.80 Å². The van der Waals surface area contributed by atoms with Gasteiger partial charge in [-0.3, -0.25) is 9.59 Å². The number of hydrogen-bond acceptors (Lipinski definition) is 5. The summed E-state index contributed by atoms with van der Waals surface area (Å²) in [5.74, 6) is -0.343. The molecule has 1 aliphatic rings. The van der Waals surface area contributed by atoms with Crippen LogP contribution in [0.2, 0.25) is 5.02 Å². The average Bonchev–Trinajstić information content (AvgIpc) is 3.22. The van der Waals surface area contributed by atoms with Crippen molar-refractivity contribution in [2.24, 2.45) is 0 Å². The molecule has 3 aromatic rings. The van der Waals surface area contributed by atoms with Crippen LogP contribution in [0, 0.1) is 0 Å². The minimum atomic E-state index is -0.599. The number of carbonyl (C=O) groups excluding carboxylic acids is 2. The number of amides is 2. The Morgan fingerprint density at radius 2 is 1.87 bits per heavy atom. The van der Waals surface area contributed by atoms with E-state index in [0.29, 0.717) is 35.0 Å². The van der Waals surface area contributed by atoms with E-state index in [-0.39, 0.29) is 17.6 Å². The molecule has 0 unspecified atom stereocenters. The van der Waals surface area contributed by atoms with Crippen LogP contribution < -0.4 is 0 Å². The Balaban J connectivity index is 1.50. The van der Waals surface area contributed by atoms with E-state index in [1.807, 2.05) is 19.9 Å². The van der Waals surface area contributed by atoms with Gasteiger partial charge in [0.05, 0.1) is 11.2 Å². The lowest BCUT2D eigenvalue weighted by atomic mass is 9.98. The fourth-order valence-corrected chi connectivity index (χ4v) is 4.15. The van der Waals surface area contributed by atoms with Crippen LogP contribution in [0.1, 0.15) is 35.0 Å². The van der Waals surface area contributed by atoms with Crippen molar-refractivity contribution in [2.75, 3.05) is 19.6 Å². The molecule has 0 atom stereocenters. The van der Waals surface area contributed by atoms with E-state index in [1.165, 1.54) is 11.0 Å². The minimum absolute atomic E-state index is 0.0986. The second-order valence-electron chi connectivity index (χ2n) is 7.83. The summed E-state index contributed by atoms with van der Waals surface area (Å²) in [6, 6.07) is 12.4. The molecule has 0 saturated carbocycles. The maximum absolute atomic E-state index is 13.2. The maximum atomic E-state index is 13.2. The number of aromatic nitrogens is 4. The summed E-state index contributed by atoms with van der Waals surface area (Å²) >= 11 is 9.34. The summed E-state index contributed by atoms with van der Waals surface area (Å²) in [4.78, 5) is 37.9. The lowest BCUT2D eigenvalue weighted by Crippen LogP contribution is -2.62. The van der Waals surface area contributed by atoms with Gasteiger partial charge in [-0.1, -0.05) is 23.7 Å². The number of benzene rings is 1. The van der Waals surface area contributed by atoms with Crippen LogP contribution in [0.4, 0.5) is 0 Å². The van der Waals surface area contributed by atoms with Gasteiger partial charge in [-0.2, -0.15) is 0 Å². The third-order valence-electron chi connectivity index (χ3n) is 5.12. The highest BCUT2D eigenvalue weighted by Gasteiger charge is 2.40. The fraction of sp³-hybridized carbons (Fsp3) is 0.286. The van der Waals surface area contributed by atoms with Gasteiger partial charge in [0.1, 0.15) is 16.6 Å². The van der Waals surface area contributed by atoms with Crippen molar-refractivity contribution in [3.8, 4) is 5.69 Å². The van der Waals surface area contributed by atoms with Crippen LogP contribution in [0.5, 0.6) is 0 Å². The molecule has 1 aliphatic heterocycles. The molecule has 2 aromatic heterocycles. The molecule has 0 aliphatic carbocycles. The SMILES string of the molecule is CC1(C)CN(C(=O)c2cccc(Br)n2)CCN1C(=O)c1ncn(-c2cccc(Cl)c2)n1. The zero-order chi connectivity index (χ0) is 22.2. The summed E-state index contributed by atoms with van der Waals surface area (Å²) in [5, 5.41) is 4.91. The van der Waals surface area contributed by atoms with Crippen LogP contribution in [0.25, 0.3) is 5.69 Å². The van der Waals surface area contributed by atoms with Crippen molar-refractivity contribution in [1.29, 1.82) is 0 Å². The molecule has 160 valence electrons. The van der Waals surface area contributed by atoms with Crippen molar-refractivity contribution < 1.29 is 9.59 Å². The lowest BCUT2D eigenvalue weighted by molar-refractivity contribution is 0.0158. The van der Waals surface area contributed by atoms with Crippen LogP contribution >= 0.6 is 27.5 Å². The van der Waals surface area contributed by atoms with Crippen LogP contribution in [0.15, 0.2) is 53.4 Å². The number of hydrogen-bond donors (Lipinski definition) is 0. The Morgan fingerprint density at radius 3 is 2.58 bits per heavy atom. The van der Waals surface area contributed by atoms with Crippen molar-refractivity contribution >= 4 is 39.3 Å². The highest BCUT2D eigenvalue weighted by atomic mass is 79.9. The lowest BCUT2D eigenvalue weighted by Gasteiger charge is -2.46. The molecule has 31 heavy (non-hydrogen) atoms. The first-order valence-corrected chi connectivity index (χ1v) is 10.8. The van der Waals surface area contributed by atoms with Crippen LogP contribution in [-0.4, -0.2) is 66.5 Å². The molecule has 0 N–H and O–H groups in total. The molecule has 3 heterocycles. The Kier molecular flexibility index (Phi) is 5.81. The van der Waals surface area contributed by atoms with E-state index in [0.717, 1.165) is 5.69 Å². The third kappa shape index (κ3) is 4.47. The largest absolute Gasteiger partial charge is 0.333 e. The molecule has 1 aromatic carbocycles. The van der Waals surface area contributed by atoms with E-state index in [1.54, 1.807) is 46.2 Å².